The molecule has 3 aliphatic rings. The van der Waals surface area contributed by atoms with Gasteiger partial charge in [-0.15, -0.1) is 0 Å². The van der Waals surface area contributed by atoms with E-state index in [1.54, 1.807) is 0 Å². The number of benzene rings is 3. The van der Waals surface area contributed by atoms with Gasteiger partial charge in [0.2, 0.25) is 0 Å². The third kappa shape index (κ3) is 3.15. The van der Waals surface area contributed by atoms with E-state index in [9.17, 15) is 0 Å². The molecule has 3 nitrogen and oxygen atoms in total. The number of rotatable bonds is 2. The molecule has 3 aromatic rings. The predicted molar refractivity (Wildman–Crippen MR) is 129 cm³/mol. The monoisotopic (exact) mass is 422 g/mol. The van der Waals surface area contributed by atoms with Crippen molar-refractivity contribution < 1.29 is 4.74 Å². The van der Waals surface area contributed by atoms with E-state index >= 15 is 0 Å². The first kappa shape index (κ1) is 19.6. The van der Waals surface area contributed by atoms with Gasteiger partial charge in [0.05, 0.1) is 11.7 Å². The van der Waals surface area contributed by atoms with Crippen LogP contribution in [0.1, 0.15) is 65.5 Å². The van der Waals surface area contributed by atoms with Gasteiger partial charge in [0.25, 0.3) is 0 Å². The summed E-state index contributed by atoms with van der Waals surface area (Å²) >= 11 is 0. The number of para-hydroxylation sites is 1. The third-order valence-corrected chi connectivity index (χ3v) is 7.54. The van der Waals surface area contributed by atoms with Gasteiger partial charge < -0.3 is 10.2 Å². The first-order valence-electron chi connectivity index (χ1n) is 11.8. The van der Waals surface area contributed by atoms with Crippen LogP contribution in [0.3, 0.4) is 0 Å². The average molecular weight is 423 g/mol. The second kappa shape index (κ2) is 7.53. The number of nitrogens with zero attached hydrogens (tertiary/aromatic N) is 1. The fraction of sp³-hybridized carbons (Fsp3) is 0.310. The van der Waals surface area contributed by atoms with Gasteiger partial charge in [-0.1, -0.05) is 66.2 Å². The van der Waals surface area contributed by atoms with Crippen molar-refractivity contribution in [3.05, 3.63) is 107 Å². The summed E-state index contributed by atoms with van der Waals surface area (Å²) in [5.41, 5.74) is 11.2. The lowest BCUT2D eigenvalue weighted by molar-refractivity contribution is -0.152. The van der Waals surface area contributed by atoms with Gasteiger partial charge in [-0.05, 0) is 61.9 Å². The SMILES string of the molecule is Cc1ccc(C)c(C2=C[C@H]3c4ccccc4OC4(CCC(c5ccccc5)CC4)N3N2)c1. The Labute approximate surface area is 190 Å². The van der Waals surface area contributed by atoms with Crippen molar-refractivity contribution >= 4 is 5.70 Å². The highest BCUT2D eigenvalue weighted by atomic mass is 16.5. The third-order valence-electron chi connectivity index (χ3n) is 7.54. The fourth-order valence-electron chi connectivity index (χ4n) is 5.77. The Morgan fingerprint density at radius 2 is 1.66 bits per heavy atom. The van der Waals surface area contributed by atoms with Crippen molar-refractivity contribution in [3.63, 3.8) is 0 Å². The number of hydrazine groups is 1. The molecule has 162 valence electrons. The Bertz CT molecular complexity index is 1170. The summed E-state index contributed by atoms with van der Waals surface area (Å²) in [6, 6.07) is 26.4. The molecule has 1 fully saturated rings. The molecule has 1 aliphatic carbocycles. The Kier molecular flexibility index (Phi) is 4.62. The van der Waals surface area contributed by atoms with Gasteiger partial charge in [0.15, 0.2) is 5.72 Å². The summed E-state index contributed by atoms with van der Waals surface area (Å²) in [4.78, 5) is 0. The zero-order valence-electron chi connectivity index (χ0n) is 18.8. The van der Waals surface area contributed by atoms with E-state index in [1.807, 2.05) is 0 Å². The minimum absolute atomic E-state index is 0.183. The molecule has 0 radical (unpaired) electrons. The van der Waals surface area contributed by atoms with Crippen LogP contribution in [0.4, 0.5) is 0 Å². The Balaban J connectivity index is 1.35. The van der Waals surface area contributed by atoms with Crippen molar-refractivity contribution in [2.75, 3.05) is 0 Å². The van der Waals surface area contributed by atoms with Crippen LogP contribution in [0.15, 0.2) is 78.9 Å². The summed E-state index contributed by atoms with van der Waals surface area (Å²) in [6.07, 6.45) is 6.69. The number of aryl methyl sites for hydroxylation is 2. The van der Waals surface area contributed by atoms with Crippen molar-refractivity contribution in [3.8, 4) is 5.75 Å². The summed E-state index contributed by atoms with van der Waals surface area (Å²) < 4.78 is 6.83. The van der Waals surface area contributed by atoms with E-state index in [1.165, 1.54) is 33.5 Å². The van der Waals surface area contributed by atoms with Crippen LogP contribution in [0, 0.1) is 13.8 Å². The molecule has 0 bridgehead atoms. The number of nitrogens with one attached hydrogen (secondary N) is 1. The van der Waals surface area contributed by atoms with Gasteiger partial charge in [-0.2, -0.15) is 5.01 Å². The smallest absolute Gasteiger partial charge is 0.180 e. The van der Waals surface area contributed by atoms with Crippen molar-refractivity contribution in [2.24, 2.45) is 0 Å². The molecule has 1 saturated carbocycles. The Morgan fingerprint density at radius 3 is 2.47 bits per heavy atom. The van der Waals surface area contributed by atoms with Crippen molar-refractivity contribution in [1.82, 2.24) is 10.4 Å². The highest BCUT2D eigenvalue weighted by molar-refractivity contribution is 5.70. The molecule has 32 heavy (non-hydrogen) atoms. The highest BCUT2D eigenvalue weighted by Gasteiger charge is 2.51. The van der Waals surface area contributed by atoms with Crippen LogP contribution in [0.25, 0.3) is 5.70 Å². The lowest BCUT2D eigenvalue weighted by Crippen LogP contribution is -2.60. The maximum absolute atomic E-state index is 6.83. The number of ether oxygens (including phenoxy) is 1. The van der Waals surface area contributed by atoms with E-state index in [0.29, 0.717) is 5.92 Å². The maximum atomic E-state index is 6.83. The van der Waals surface area contributed by atoms with Crippen LogP contribution in [-0.2, 0) is 0 Å². The summed E-state index contributed by atoms with van der Waals surface area (Å²) in [5.74, 6) is 1.64. The summed E-state index contributed by atoms with van der Waals surface area (Å²) in [5, 5.41) is 2.41. The van der Waals surface area contributed by atoms with Crippen LogP contribution in [0.2, 0.25) is 0 Å². The highest BCUT2D eigenvalue weighted by Crippen LogP contribution is 2.51. The van der Waals surface area contributed by atoms with E-state index in [4.69, 9.17) is 4.74 Å². The Morgan fingerprint density at radius 1 is 0.906 bits per heavy atom. The normalized spacial score (nSPS) is 26.6. The molecule has 1 spiro atoms. The van der Waals surface area contributed by atoms with Crippen molar-refractivity contribution in [2.45, 2.75) is 57.2 Å². The predicted octanol–water partition coefficient (Wildman–Crippen LogP) is 6.65. The molecule has 0 unspecified atom stereocenters. The molecule has 3 heteroatoms. The molecule has 1 atom stereocenters. The van der Waals surface area contributed by atoms with E-state index in [-0.39, 0.29) is 11.8 Å². The summed E-state index contributed by atoms with van der Waals surface area (Å²) in [6.45, 7) is 4.36. The van der Waals surface area contributed by atoms with E-state index in [0.717, 1.165) is 31.4 Å². The minimum Gasteiger partial charge on any atom is -0.471 e. The van der Waals surface area contributed by atoms with Crippen LogP contribution >= 0.6 is 0 Å². The molecule has 3 aromatic carbocycles. The largest absolute Gasteiger partial charge is 0.471 e. The molecule has 0 saturated heterocycles. The van der Waals surface area contributed by atoms with E-state index in [2.05, 4.69) is 103 Å². The number of fused-ring (bicyclic) bond motifs is 4. The van der Waals surface area contributed by atoms with Crippen LogP contribution in [0.5, 0.6) is 5.75 Å². The summed E-state index contributed by atoms with van der Waals surface area (Å²) in [7, 11) is 0. The number of hydrogen-bond acceptors (Lipinski definition) is 3. The molecule has 2 aliphatic heterocycles. The van der Waals surface area contributed by atoms with E-state index < -0.39 is 0 Å². The second-order valence-corrected chi connectivity index (χ2v) is 9.60. The molecule has 2 heterocycles. The molecular weight excluding hydrogens is 392 g/mol. The quantitative estimate of drug-likeness (QED) is 0.500. The van der Waals surface area contributed by atoms with Gasteiger partial charge >= 0.3 is 0 Å². The van der Waals surface area contributed by atoms with Crippen LogP contribution < -0.4 is 10.2 Å². The lowest BCUT2D eigenvalue weighted by atomic mass is 9.78. The second-order valence-electron chi connectivity index (χ2n) is 9.60. The average Bonchev–Trinajstić information content (AvgIpc) is 3.29. The first-order chi connectivity index (χ1) is 15.6. The van der Waals surface area contributed by atoms with Gasteiger partial charge in [-0.3, -0.25) is 0 Å². The standard InChI is InChI=1S/C29H30N2O/c1-20-12-13-21(2)25(18-20)26-19-27-24-10-6-7-11-28(24)32-29(31(27)30-26)16-14-23(15-17-29)22-8-4-3-5-9-22/h3-13,18-19,23,27,30H,14-17H2,1-2H3/t23?,27-,29?/m0/s1. The maximum Gasteiger partial charge on any atom is 0.180 e. The zero-order valence-corrected chi connectivity index (χ0v) is 18.8. The molecule has 0 amide bonds. The minimum atomic E-state index is -0.319. The topological polar surface area (TPSA) is 24.5 Å². The van der Waals surface area contributed by atoms with Gasteiger partial charge in [-0.25, -0.2) is 0 Å². The fourth-order valence-corrected chi connectivity index (χ4v) is 5.77. The van der Waals surface area contributed by atoms with Crippen molar-refractivity contribution in [1.29, 1.82) is 0 Å². The zero-order chi connectivity index (χ0) is 21.7. The molecule has 1 N–H and O–H groups in total. The molecular formula is C29H30N2O. The molecule has 6 rings (SSSR count). The van der Waals surface area contributed by atoms with Gasteiger partial charge in [0.1, 0.15) is 5.75 Å². The number of hydrogen-bond donors (Lipinski definition) is 1. The lowest BCUT2D eigenvalue weighted by Gasteiger charge is -2.51. The van der Waals surface area contributed by atoms with Crippen LogP contribution in [-0.4, -0.2) is 10.7 Å². The van der Waals surface area contributed by atoms with Gasteiger partial charge in [0, 0.05) is 24.0 Å². The first-order valence-corrected chi connectivity index (χ1v) is 11.8. The Hall–Kier alpha value is -3.04. The molecule has 0 aromatic heterocycles.